The van der Waals surface area contributed by atoms with Gasteiger partial charge in [-0.2, -0.15) is 8.78 Å². The van der Waals surface area contributed by atoms with Crippen LogP contribution in [0.2, 0.25) is 0 Å². The minimum atomic E-state index is -3.27. The molecule has 0 saturated carbocycles. The highest BCUT2D eigenvalue weighted by atomic mass is 32.2. The number of carboxylic acids is 1. The minimum absolute atomic E-state index is 0.0255. The van der Waals surface area contributed by atoms with E-state index in [4.69, 9.17) is 5.73 Å². The van der Waals surface area contributed by atoms with Gasteiger partial charge in [0.05, 0.1) is 6.61 Å². The number of hydrogen-bond donors (Lipinski definition) is 4. The van der Waals surface area contributed by atoms with Gasteiger partial charge in [0.1, 0.15) is 22.5 Å². The summed E-state index contributed by atoms with van der Waals surface area (Å²) in [5.74, 6) is -2.75. The van der Waals surface area contributed by atoms with E-state index in [1.54, 1.807) is 0 Å². The first-order valence-electron chi connectivity index (χ1n) is 7.99. The third-order valence-electron chi connectivity index (χ3n) is 4.39. The number of aromatic nitrogens is 1. The van der Waals surface area contributed by atoms with Gasteiger partial charge in [-0.05, 0) is 0 Å². The molecule has 1 aromatic rings. The Hall–Kier alpha value is -2.52. The van der Waals surface area contributed by atoms with Crippen LogP contribution in [0.15, 0.2) is 10.5 Å². The Balaban J connectivity index is 1.73. The van der Waals surface area contributed by atoms with Crippen LogP contribution in [0.4, 0.5) is 13.9 Å². The summed E-state index contributed by atoms with van der Waals surface area (Å²) in [7, 11) is 0. The van der Waals surface area contributed by atoms with Gasteiger partial charge in [0, 0.05) is 17.7 Å². The van der Waals surface area contributed by atoms with Crippen LogP contribution in [0.5, 0.6) is 0 Å². The summed E-state index contributed by atoms with van der Waals surface area (Å²) in [6, 6.07) is -1.02. The molecule has 2 aliphatic rings. The quantitative estimate of drug-likeness (QED) is 0.234. The number of hydrogen-bond acceptors (Lipinski definition) is 10. The molecule has 11 nitrogen and oxygen atoms in total. The fourth-order valence-corrected chi connectivity index (χ4v) is 4.90. The van der Waals surface area contributed by atoms with Gasteiger partial charge in [0.25, 0.3) is 5.91 Å². The second-order valence-electron chi connectivity index (χ2n) is 6.24. The molecule has 0 radical (unpaired) electrons. The van der Waals surface area contributed by atoms with Crippen molar-refractivity contribution in [1.82, 2.24) is 15.2 Å². The Kier molecular flexibility index (Phi) is 5.90. The fourth-order valence-electron chi connectivity index (χ4n) is 2.82. The van der Waals surface area contributed by atoms with Crippen molar-refractivity contribution in [1.29, 1.82) is 0 Å². The monoisotopic (exact) mass is 451 g/mol. The molecule has 2 amide bonds. The third-order valence-corrected chi connectivity index (χ3v) is 6.65. The number of aliphatic carboxylic acids is 1. The minimum Gasteiger partial charge on any atom is -0.481 e. The van der Waals surface area contributed by atoms with Crippen molar-refractivity contribution in [3.8, 4) is 0 Å². The van der Waals surface area contributed by atoms with E-state index < -0.39 is 53.5 Å². The number of aliphatic hydroxyl groups is 1. The van der Waals surface area contributed by atoms with Gasteiger partial charge in [-0.25, -0.2) is 4.98 Å². The molecule has 3 atom stereocenters. The summed E-state index contributed by atoms with van der Waals surface area (Å²) in [6.45, 7) is -4.12. The summed E-state index contributed by atoms with van der Waals surface area (Å²) < 4.78 is 24.7. The number of carboxylic acid groups (broad SMARTS) is 1. The van der Waals surface area contributed by atoms with Crippen LogP contribution < -0.4 is 11.1 Å². The van der Waals surface area contributed by atoms with Crippen molar-refractivity contribution in [2.45, 2.75) is 18.0 Å². The van der Waals surface area contributed by atoms with Crippen molar-refractivity contribution in [3.05, 3.63) is 11.1 Å². The maximum Gasteiger partial charge on any atom is 0.407 e. The lowest BCUT2D eigenvalue weighted by Crippen LogP contribution is -2.74. The molecule has 3 heterocycles. The number of thiazole rings is 1. The van der Waals surface area contributed by atoms with Crippen molar-refractivity contribution in [2.24, 2.45) is 10.6 Å². The van der Waals surface area contributed by atoms with Gasteiger partial charge in [0.15, 0.2) is 10.8 Å². The highest BCUT2D eigenvalue weighted by Gasteiger charge is 2.57. The molecule has 2 saturated heterocycles. The first kappa shape index (κ1) is 21.2. The van der Waals surface area contributed by atoms with E-state index in [2.05, 4.69) is 20.3 Å². The Morgan fingerprint density at radius 3 is 2.83 bits per heavy atom. The zero-order chi connectivity index (χ0) is 21.3. The Morgan fingerprint density at radius 2 is 2.28 bits per heavy atom. The summed E-state index contributed by atoms with van der Waals surface area (Å²) in [6.07, 6.45) is 0. The second-order valence-corrected chi connectivity index (χ2v) is 8.23. The van der Waals surface area contributed by atoms with Crippen molar-refractivity contribution in [2.75, 3.05) is 24.6 Å². The molecule has 5 N–H and O–H groups in total. The zero-order valence-electron chi connectivity index (χ0n) is 14.4. The number of halogens is 2. The van der Waals surface area contributed by atoms with E-state index in [9.17, 15) is 33.4 Å². The van der Waals surface area contributed by atoms with Crippen LogP contribution >= 0.6 is 23.1 Å². The number of nitrogens with one attached hydrogen (secondary N) is 1. The van der Waals surface area contributed by atoms with Gasteiger partial charge in [-0.15, -0.1) is 23.1 Å². The molecule has 0 aliphatic carbocycles. The zero-order valence-corrected chi connectivity index (χ0v) is 16.1. The molecule has 2 fully saturated rings. The van der Waals surface area contributed by atoms with E-state index in [1.807, 2.05) is 0 Å². The van der Waals surface area contributed by atoms with Crippen molar-refractivity contribution in [3.63, 3.8) is 0 Å². The summed E-state index contributed by atoms with van der Waals surface area (Å²) >= 11 is 2.03. The smallest absolute Gasteiger partial charge is 0.407 e. The highest BCUT2D eigenvalue weighted by molar-refractivity contribution is 8.00. The fraction of sp³-hybridized carbons (Fsp3) is 0.500. The number of carbonyl (C=O) groups excluding carboxylic acids is 2. The van der Waals surface area contributed by atoms with Gasteiger partial charge < -0.3 is 31.0 Å². The molecular weight excluding hydrogens is 436 g/mol. The molecule has 15 heteroatoms. The molecule has 2 unspecified atom stereocenters. The molecular formula is C14H15F2N5O6S2. The summed E-state index contributed by atoms with van der Waals surface area (Å²) in [5.41, 5.74) is 3.31. The van der Waals surface area contributed by atoms with Crippen LogP contribution in [0, 0.1) is 5.41 Å². The number of amides is 2. The number of nitrogens with zero attached hydrogens (tertiary/aromatic N) is 3. The van der Waals surface area contributed by atoms with E-state index in [0.717, 1.165) is 23.1 Å². The molecule has 3 rings (SSSR count). The predicted octanol–water partition coefficient (Wildman–Crippen LogP) is -0.868. The molecule has 29 heavy (non-hydrogen) atoms. The van der Waals surface area contributed by atoms with Gasteiger partial charge in [0.2, 0.25) is 5.91 Å². The Labute approximate surface area is 169 Å². The average Bonchev–Trinajstić information content (AvgIpc) is 3.11. The van der Waals surface area contributed by atoms with E-state index in [0.29, 0.717) is 0 Å². The van der Waals surface area contributed by atoms with Crippen LogP contribution in [0.3, 0.4) is 0 Å². The number of rotatable bonds is 7. The molecule has 0 aromatic carbocycles. The Morgan fingerprint density at radius 1 is 1.55 bits per heavy atom. The number of nitrogens with two attached hydrogens (primary N) is 1. The molecule has 1 aromatic heterocycles. The van der Waals surface area contributed by atoms with Gasteiger partial charge in [-0.1, -0.05) is 5.16 Å². The second kappa shape index (κ2) is 8.08. The van der Waals surface area contributed by atoms with E-state index >= 15 is 0 Å². The number of carbonyl (C=O) groups is 3. The maximum absolute atomic E-state index is 12.5. The summed E-state index contributed by atoms with van der Waals surface area (Å²) in [4.78, 5) is 45.2. The van der Waals surface area contributed by atoms with Crippen LogP contribution in [-0.2, 0) is 19.2 Å². The predicted molar refractivity (Wildman–Crippen MR) is 97.2 cm³/mol. The average molecular weight is 451 g/mol. The number of fused-ring (bicyclic) bond motifs is 1. The Bertz CT molecular complexity index is 867. The van der Waals surface area contributed by atoms with Gasteiger partial charge >= 0.3 is 12.6 Å². The van der Waals surface area contributed by atoms with Crippen LogP contribution in [0.1, 0.15) is 5.69 Å². The van der Waals surface area contributed by atoms with Crippen molar-refractivity contribution >= 4 is 51.7 Å². The number of aliphatic hydroxyl groups excluding tert-OH is 1. The lowest BCUT2D eigenvalue weighted by atomic mass is 9.88. The van der Waals surface area contributed by atoms with Gasteiger partial charge in [-0.3, -0.25) is 14.4 Å². The largest absolute Gasteiger partial charge is 0.481 e. The lowest BCUT2D eigenvalue weighted by Gasteiger charge is -2.53. The van der Waals surface area contributed by atoms with Crippen LogP contribution in [0.25, 0.3) is 0 Å². The molecule has 158 valence electrons. The first-order chi connectivity index (χ1) is 13.7. The molecule has 0 bridgehead atoms. The highest BCUT2D eigenvalue weighted by Crippen LogP contribution is 2.42. The number of oxime groups is 1. The standard InChI is InChI=1S/C14H15F2N5O6S2/c15-12(16)27-20-6(5-1-28-13(17)18-5)8(23)19-7-9(24)21-2-14(3-22,11(25)26)4-29-10(7)21/h1,7,10,12,22H,2-4H2,(H2,17,18)(H,19,23)(H,25,26)/t7?,10-,14?/m1/s1. The molecule has 0 spiro atoms. The number of β-lactam (4-membered cyclic amide) rings is 1. The van der Waals surface area contributed by atoms with E-state index in [1.165, 1.54) is 10.3 Å². The number of anilines is 1. The summed E-state index contributed by atoms with van der Waals surface area (Å²) in [5, 5.41) is 25.1. The molecule has 2 aliphatic heterocycles. The number of nitrogen functional groups attached to an aromatic ring is 1. The first-order valence-corrected chi connectivity index (χ1v) is 9.92. The van der Waals surface area contributed by atoms with Crippen LogP contribution in [-0.4, -0.2) is 80.5 Å². The third kappa shape index (κ3) is 3.97. The lowest BCUT2D eigenvalue weighted by molar-refractivity contribution is -0.160. The SMILES string of the molecule is Nc1nc(C(=NOC(F)F)C(=O)NC2C(=O)N3CC(CO)(C(=O)O)CS[C@H]23)cs1. The normalized spacial score (nSPS) is 26.7. The topological polar surface area (TPSA) is 167 Å². The van der Waals surface area contributed by atoms with E-state index in [-0.39, 0.29) is 23.1 Å². The maximum atomic E-state index is 12.5. The number of thioether (sulfide) groups is 1. The van der Waals surface area contributed by atoms with Crippen molar-refractivity contribution < 1.29 is 38.2 Å². The number of alkyl halides is 2.